The molecule has 0 bridgehead atoms. The maximum absolute atomic E-state index is 5.47. The number of methoxy groups -OCH3 is 2. The molecule has 1 saturated heterocycles. The van der Waals surface area contributed by atoms with Crippen LogP contribution in [0.5, 0.6) is 11.5 Å². The van der Waals surface area contributed by atoms with Crippen LogP contribution in [-0.2, 0) is 11.2 Å². The molecule has 0 saturated carbocycles. The van der Waals surface area contributed by atoms with Crippen molar-refractivity contribution in [1.29, 1.82) is 0 Å². The Kier molecular flexibility index (Phi) is 7.85. The molecule has 1 heterocycles. The number of rotatable bonds is 8. The summed E-state index contributed by atoms with van der Waals surface area (Å²) < 4.78 is 16.2. The maximum Gasteiger partial charge on any atom is 0.193 e. The van der Waals surface area contributed by atoms with Crippen molar-refractivity contribution in [3.05, 3.63) is 23.8 Å². The molecular weight excluding hydrogens is 318 g/mol. The van der Waals surface area contributed by atoms with Crippen LogP contribution in [0.4, 0.5) is 0 Å². The molecule has 0 spiro atoms. The summed E-state index contributed by atoms with van der Waals surface area (Å²) in [5.74, 6) is 3.24. The van der Waals surface area contributed by atoms with Crippen molar-refractivity contribution in [1.82, 2.24) is 10.2 Å². The summed E-state index contributed by atoms with van der Waals surface area (Å²) in [7, 11) is 5.46. The van der Waals surface area contributed by atoms with E-state index in [9.17, 15) is 0 Å². The summed E-state index contributed by atoms with van der Waals surface area (Å²) in [4.78, 5) is 6.98. The van der Waals surface area contributed by atoms with E-state index in [0.717, 1.165) is 62.2 Å². The summed E-state index contributed by atoms with van der Waals surface area (Å²) in [5.41, 5.74) is 1.10. The number of aliphatic imine (C=N–C) groups is 1. The zero-order valence-corrected chi connectivity index (χ0v) is 15.9. The van der Waals surface area contributed by atoms with E-state index in [4.69, 9.17) is 19.2 Å². The van der Waals surface area contributed by atoms with Gasteiger partial charge in [-0.15, -0.1) is 0 Å². The zero-order chi connectivity index (χ0) is 18.1. The third-order valence-corrected chi connectivity index (χ3v) is 4.38. The van der Waals surface area contributed by atoms with Crippen LogP contribution >= 0.6 is 0 Å². The van der Waals surface area contributed by atoms with E-state index in [-0.39, 0.29) is 0 Å². The number of nitrogens with zero attached hydrogens (tertiary/aromatic N) is 2. The van der Waals surface area contributed by atoms with Gasteiger partial charge in [0.05, 0.1) is 20.8 Å². The van der Waals surface area contributed by atoms with Gasteiger partial charge < -0.3 is 24.4 Å². The molecule has 0 aromatic heterocycles. The molecule has 6 nitrogen and oxygen atoms in total. The fourth-order valence-corrected chi connectivity index (χ4v) is 3.03. The van der Waals surface area contributed by atoms with E-state index in [1.165, 1.54) is 0 Å². The Hall–Kier alpha value is -1.95. The lowest BCUT2D eigenvalue weighted by molar-refractivity contribution is 0.181. The predicted molar refractivity (Wildman–Crippen MR) is 101 cm³/mol. The number of hydrogen-bond donors (Lipinski definition) is 1. The molecule has 25 heavy (non-hydrogen) atoms. The number of benzene rings is 1. The van der Waals surface area contributed by atoms with Crippen LogP contribution in [0.1, 0.15) is 18.9 Å². The molecule has 1 aromatic carbocycles. The largest absolute Gasteiger partial charge is 0.497 e. The highest BCUT2D eigenvalue weighted by molar-refractivity contribution is 5.79. The molecule has 1 aliphatic rings. The first-order valence-corrected chi connectivity index (χ1v) is 8.96. The van der Waals surface area contributed by atoms with Gasteiger partial charge in [-0.25, -0.2) is 0 Å². The van der Waals surface area contributed by atoms with E-state index in [2.05, 4.69) is 24.2 Å². The van der Waals surface area contributed by atoms with Crippen molar-refractivity contribution >= 4 is 5.96 Å². The highest BCUT2D eigenvalue weighted by Crippen LogP contribution is 2.24. The third-order valence-electron chi connectivity index (χ3n) is 4.38. The highest BCUT2D eigenvalue weighted by Gasteiger charge is 2.19. The standard InChI is InChI=1S/C19H31N3O3/c1-5-20-19(22(2)13-15-9-11-25-14-15)21-10-8-16-12-17(23-3)6-7-18(16)24-4/h6-7,12,15H,5,8-11,13-14H2,1-4H3,(H,20,21). The molecule has 6 heteroatoms. The summed E-state index contributed by atoms with van der Waals surface area (Å²) in [6.07, 6.45) is 1.93. The van der Waals surface area contributed by atoms with Gasteiger partial charge in [0.15, 0.2) is 5.96 Å². The predicted octanol–water partition coefficient (Wildman–Crippen LogP) is 2.18. The van der Waals surface area contributed by atoms with Gasteiger partial charge in [-0.05, 0) is 43.5 Å². The second kappa shape index (κ2) is 10.1. The van der Waals surface area contributed by atoms with Crippen molar-refractivity contribution in [3.8, 4) is 11.5 Å². The lowest BCUT2D eigenvalue weighted by Gasteiger charge is -2.24. The summed E-state index contributed by atoms with van der Waals surface area (Å²) in [6, 6.07) is 5.86. The number of guanidine groups is 1. The minimum Gasteiger partial charge on any atom is -0.497 e. The molecule has 1 fully saturated rings. The van der Waals surface area contributed by atoms with Gasteiger partial charge in [0.25, 0.3) is 0 Å². The Balaban J connectivity index is 1.98. The average molecular weight is 349 g/mol. The lowest BCUT2D eigenvalue weighted by Crippen LogP contribution is -2.41. The molecule has 1 N–H and O–H groups in total. The SMILES string of the molecule is CCNC(=NCCc1cc(OC)ccc1OC)N(C)CC1CCOC1. The Bertz CT molecular complexity index is 557. The smallest absolute Gasteiger partial charge is 0.193 e. The summed E-state index contributed by atoms with van der Waals surface area (Å²) >= 11 is 0. The van der Waals surface area contributed by atoms with Gasteiger partial charge in [0, 0.05) is 39.2 Å². The molecule has 0 radical (unpaired) electrons. The van der Waals surface area contributed by atoms with Crippen LogP contribution in [0.3, 0.4) is 0 Å². The number of nitrogens with one attached hydrogen (secondary N) is 1. The topological polar surface area (TPSA) is 55.3 Å². The number of ether oxygens (including phenoxy) is 3. The van der Waals surface area contributed by atoms with E-state index in [0.29, 0.717) is 12.5 Å². The minimum absolute atomic E-state index is 0.590. The van der Waals surface area contributed by atoms with Crippen LogP contribution in [-0.4, -0.2) is 65.0 Å². The van der Waals surface area contributed by atoms with Crippen LogP contribution in [0.25, 0.3) is 0 Å². The monoisotopic (exact) mass is 349 g/mol. The molecule has 1 unspecified atom stereocenters. The van der Waals surface area contributed by atoms with Gasteiger partial charge >= 0.3 is 0 Å². The minimum atomic E-state index is 0.590. The van der Waals surface area contributed by atoms with Crippen LogP contribution in [0.2, 0.25) is 0 Å². The first kappa shape index (κ1) is 19.4. The Morgan fingerprint density at radius 1 is 1.36 bits per heavy atom. The first-order valence-electron chi connectivity index (χ1n) is 8.96. The highest BCUT2D eigenvalue weighted by atomic mass is 16.5. The maximum atomic E-state index is 5.47. The molecule has 1 atom stereocenters. The molecule has 0 amide bonds. The normalized spacial score (nSPS) is 17.4. The van der Waals surface area contributed by atoms with E-state index >= 15 is 0 Å². The van der Waals surface area contributed by atoms with Crippen molar-refractivity contribution in [2.24, 2.45) is 10.9 Å². The van der Waals surface area contributed by atoms with Crippen molar-refractivity contribution < 1.29 is 14.2 Å². The third kappa shape index (κ3) is 5.81. The van der Waals surface area contributed by atoms with Crippen LogP contribution in [0.15, 0.2) is 23.2 Å². The first-order chi connectivity index (χ1) is 12.2. The Labute approximate surface area is 151 Å². The molecular formula is C19H31N3O3. The molecule has 2 rings (SSSR count). The van der Waals surface area contributed by atoms with Gasteiger partial charge in [-0.1, -0.05) is 0 Å². The second-order valence-electron chi connectivity index (χ2n) is 6.27. The number of hydrogen-bond acceptors (Lipinski definition) is 4. The van der Waals surface area contributed by atoms with Gasteiger partial charge in [0.2, 0.25) is 0 Å². The van der Waals surface area contributed by atoms with Gasteiger partial charge in [-0.3, -0.25) is 4.99 Å². The van der Waals surface area contributed by atoms with Crippen LogP contribution < -0.4 is 14.8 Å². The van der Waals surface area contributed by atoms with Crippen molar-refractivity contribution in [2.75, 3.05) is 54.1 Å². The molecule has 0 aliphatic carbocycles. The van der Waals surface area contributed by atoms with E-state index in [1.54, 1.807) is 14.2 Å². The lowest BCUT2D eigenvalue weighted by atomic mass is 10.1. The Morgan fingerprint density at radius 3 is 2.84 bits per heavy atom. The quantitative estimate of drug-likeness (QED) is 0.576. The summed E-state index contributed by atoms with van der Waals surface area (Å²) in [6.45, 7) is 6.33. The molecule has 140 valence electrons. The van der Waals surface area contributed by atoms with Crippen LogP contribution in [0, 0.1) is 5.92 Å². The fourth-order valence-electron chi connectivity index (χ4n) is 3.03. The van der Waals surface area contributed by atoms with Crippen molar-refractivity contribution in [3.63, 3.8) is 0 Å². The average Bonchev–Trinajstić information content (AvgIpc) is 3.13. The van der Waals surface area contributed by atoms with Gasteiger partial charge in [-0.2, -0.15) is 0 Å². The summed E-state index contributed by atoms with van der Waals surface area (Å²) in [5, 5.41) is 3.37. The second-order valence-corrected chi connectivity index (χ2v) is 6.27. The zero-order valence-electron chi connectivity index (χ0n) is 15.9. The van der Waals surface area contributed by atoms with E-state index < -0.39 is 0 Å². The fraction of sp³-hybridized carbons (Fsp3) is 0.632. The Morgan fingerprint density at radius 2 is 2.20 bits per heavy atom. The van der Waals surface area contributed by atoms with Crippen molar-refractivity contribution in [2.45, 2.75) is 19.8 Å². The van der Waals surface area contributed by atoms with E-state index in [1.807, 2.05) is 18.2 Å². The molecule has 1 aromatic rings. The molecule has 1 aliphatic heterocycles. The van der Waals surface area contributed by atoms with Gasteiger partial charge in [0.1, 0.15) is 11.5 Å².